The zero-order chi connectivity index (χ0) is 8.59. The van der Waals surface area contributed by atoms with Crippen LogP contribution in [0, 0.1) is 0 Å². The van der Waals surface area contributed by atoms with Gasteiger partial charge in [0.25, 0.3) is 0 Å². The summed E-state index contributed by atoms with van der Waals surface area (Å²) in [4.78, 5) is 12.3. The van der Waals surface area contributed by atoms with Crippen molar-refractivity contribution in [2.24, 2.45) is 0 Å². The molecule has 0 spiro atoms. The van der Waals surface area contributed by atoms with E-state index in [4.69, 9.17) is 5.11 Å². The number of hydrogen-bond acceptors (Lipinski definition) is 3. The van der Waals surface area contributed by atoms with E-state index in [2.05, 4.69) is 31.9 Å². The molecule has 1 atom stereocenters. The third kappa shape index (κ3) is 1.73. The second kappa shape index (κ2) is 3.37. The summed E-state index contributed by atoms with van der Waals surface area (Å²) >= 11 is 7.91. The Kier molecular flexibility index (Phi) is 2.88. The van der Waals surface area contributed by atoms with Crippen molar-refractivity contribution in [3.05, 3.63) is 9.51 Å². The normalized spacial score (nSPS) is 24.6. The zero-order valence-corrected chi connectivity index (χ0v) is 9.53. The molecular weight excluding hydrogens is 298 g/mol. The molecule has 0 fully saturated rings. The molecule has 1 aliphatic heterocycles. The lowest BCUT2D eigenvalue weighted by Crippen LogP contribution is -2.23. The summed E-state index contributed by atoms with van der Waals surface area (Å²) in [5.74, 6) is -0.908. The Morgan fingerprint density at radius 2 is 2.36 bits per heavy atom. The summed E-state index contributed by atoms with van der Waals surface area (Å²) < 4.78 is 0.678. The molecule has 0 aromatic carbocycles. The maximum Gasteiger partial charge on any atom is 0.353 e. The van der Waals surface area contributed by atoms with E-state index in [-0.39, 0.29) is 4.28 Å². The van der Waals surface area contributed by atoms with Gasteiger partial charge in [-0.15, -0.1) is 0 Å². The molecule has 1 N–H and O–H groups in total. The minimum absolute atomic E-state index is 0.0166. The molecule has 0 aromatic heterocycles. The van der Waals surface area contributed by atoms with E-state index in [1.807, 2.05) is 0 Å². The van der Waals surface area contributed by atoms with Crippen LogP contribution < -0.4 is 0 Å². The second-order valence-corrected chi connectivity index (χ2v) is 5.83. The predicted molar refractivity (Wildman–Crippen MR) is 51.7 cm³/mol. The van der Waals surface area contributed by atoms with Crippen LogP contribution in [0.5, 0.6) is 0 Å². The highest BCUT2D eigenvalue weighted by atomic mass is 79.9. The quantitative estimate of drug-likeness (QED) is 0.594. The first kappa shape index (κ1) is 9.41. The molecule has 1 heterocycles. The van der Waals surface area contributed by atoms with Crippen LogP contribution in [0.3, 0.4) is 0 Å². The van der Waals surface area contributed by atoms with E-state index in [1.54, 1.807) is 11.9 Å². The molecule has 0 radical (unpaired) electrons. The monoisotopic (exact) mass is 301 g/mol. The van der Waals surface area contributed by atoms with Crippen LogP contribution in [0.1, 0.15) is 0 Å². The maximum absolute atomic E-state index is 10.6. The Bertz CT molecular complexity index is 231. The molecule has 0 aromatic rings. The standard InChI is InChI=1S/C5H5Br2NO2S/c1-8-2(4(9)10)3(6)11-5(8)7/h5H,1H3,(H,9,10). The van der Waals surface area contributed by atoms with Gasteiger partial charge < -0.3 is 10.0 Å². The molecule has 11 heavy (non-hydrogen) atoms. The maximum atomic E-state index is 10.6. The summed E-state index contributed by atoms with van der Waals surface area (Å²) in [6.07, 6.45) is 0. The summed E-state index contributed by atoms with van der Waals surface area (Å²) in [7, 11) is 1.73. The van der Waals surface area contributed by atoms with Crippen molar-refractivity contribution in [2.75, 3.05) is 7.05 Å². The molecule has 0 saturated heterocycles. The number of likely N-dealkylation sites (N-methyl/N-ethyl adjacent to an activating group) is 1. The minimum atomic E-state index is -0.908. The van der Waals surface area contributed by atoms with Crippen molar-refractivity contribution in [1.82, 2.24) is 4.90 Å². The first-order valence-electron chi connectivity index (χ1n) is 2.70. The molecule has 1 unspecified atom stereocenters. The van der Waals surface area contributed by atoms with Crippen molar-refractivity contribution < 1.29 is 9.90 Å². The van der Waals surface area contributed by atoms with E-state index >= 15 is 0 Å². The van der Waals surface area contributed by atoms with Crippen LogP contribution in [0.2, 0.25) is 0 Å². The van der Waals surface area contributed by atoms with Gasteiger partial charge in [0, 0.05) is 7.05 Å². The minimum Gasteiger partial charge on any atom is -0.477 e. The lowest BCUT2D eigenvalue weighted by molar-refractivity contribution is -0.134. The largest absolute Gasteiger partial charge is 0.477 e. The molecule has 1 aliphatic rings. The molecule has 0 bridgehead atoms. The Labute approximate surface area is 85.1 Å². The average molecular weight is 303 g/mol. The third-order valence-corrected chi connectivity index (χ3v) is 4.27. The van der Waals surface area contributed by atoms with Crippen molar-refractivity contribution in [1.29, 1.82) is 0 Å². The Morgan fingerprint density at radius 1 is 1.82 bits per heavy atom. The number of aliphatic carboxylic acids is 1. The number of halogens is 2. The summed E-state index contributed by atoms with van der Waals surface area (Å²) in [6.45, 7) is 0. The fourth-order valence-electron chi connectivity index (χ4n) is 0.695. The van der Waals surface area contributed by atoms with Gasteiger partial charge in [0.2, 0.25) is 0 Å². The van der Waals surface area contributed by atoms with Gasteiger partial charge in [0.1, 0.15) is 9.98 Å². The van der Waals surface area contributed by atoms with Crippen molar-refractivity contribution >= 4 is 49.6 Å². The van der Waals surface area contributed by atoms with Gasteiger partial charge in [-0.25, -0.2) is 4.79 Å². The molecule has 0 amide bonds. The van der Waals surface area contributed by atoms with Crippen LogP contribution >= 0.6 is 43.6 Å². The Balaban J connectivity index is 2.91. The highest BCUT2D eigenvalue weighted by molar-refractivity contribution is 9.15. The number of rotatable bonds is 1. The molecule has 1 rings (SSSR count). The second-order valence-electron chi connectivity index (χ2n) is 1.95. The van der Waals surface area contributed by atoms with Crippen LogP contribution in [0.4, 0.5) is 0 Å². The highest BCUT2D eigenvalue weighted by Gasteiger charge is 2.30. The van der Waals surface area contributed by atoms with Gasteiger partial charge in [-0.2, -0.15) is 0 Å². The fraction of sp³-hybridized carbons (Fsp3) is 0.400. The molecule has 0 aliphatic carbocycles. The van der Waals surface area contributed by atoms with E-state index in [0.717, 1.165) is 0 Å². The summed E-state index contributed by atoms with van der Waals surface area (Å²) in [6, 6.07) is 0. The predicted octanol–water partition coefficient (Wildman–Crippen LogP) is 1.99. The van der Waals surface area contributed by atoms with E-state index in [9.17, 15) is 4.79 Å². The smallest absolute Gasteiger partial charge is 0.353 e. The first-order valence-corrected chi connectivity index (χ1v) is 5.29. The topological polar surface area (TPSA) is 40.5 Å². The van der Waals surface area contributed by atoms with Crippen LogP contribution in [0.25, 0.3) is 0 Å². The highest BCUT2D eigenvalue weighted by Crippen LogP contribution is 2.43. The fourth-order valence-corrected chi connectivity index (χ4v) is 3.97. The SMILES string of the molecule is CN1C(C(=O)O)=C(Br)SC1Br. The van der Waals surface area contributed by atoms with Crippen LogP contribution in [-0.2, 0) is 4.79 Å². The Morgan fingerprint density at radius 3 is 2.55 bits per heavy atom. The third-order valence-electron chi connectivity index (χ3n) is 1.25. The van der Waals surface area contributed by atoms with E-state index < -0.39 is 5.97 Å². The number of hydrogen-bond donors (Lipinski definition) is 1. The molecule has 3 nitrogen and oxygen atoms in total. The number of carboxylic acids is 1. The van der Waals surface area contributed by atoms with Gasteiger partial charge >= 0.3 is 5.97 Å². The average Bonchev–Trinajstić information content (AvgIpc) is 2.07. The lowest BCUT2D eigenvalue weighted by Gasteiger charge is -2.15. The van der Waals surface area contributed by atoms with Crippen molar-refractivity contribution in [3.8, 4) is 0 Å². The van der Waals surface area contributed by atoms with Crippen LogP contribution in [-0.4, -0.2) is 27.3 Å². The van der Waals surface area contributed by atoms with Crippen molar-refractivity contribution in [2.45, 2.75) is 4.28 Å². The first-order chi connectivity index (χ1) is 5.04. The number of nitrogens with zero attached hydrogens (tertiary/aromatic N) is 1. The molecular formula is C5H5Br2NO2S. The summed E-state index contributed by atoms with van der Waals surface area (Å²) in [5.41, 5.74) is 0.303. The Hall–Kier alpha value is 0.320. The van der Waals surface area contributed by atoms with Gasteiger partial charge in [0.05, 0.1) is 3.81 Å². The molecule has 0 saturated carbocycles. The van der Waals surface area contributed by atoms with Gasteiger partial charge in [-0.05, 0) is 15.9 Å². The number of alkyl halides is 1. The van der Waals surface area contributed by atoms with E-state index in [0.29, 0.717) is 9.51 Å². The van der Waals surface area contributed by atoms with Gasteiger partial charge in [-0.1, -0.05) is 27.7 Å². The van der Waals surface area contributed by atoms with Gasteiger partial charge in [-0.3, -0.25) is 0 Å². The van der Waals surface area contributed by atoms with Gasteiger partial charge in [0.15, 0.2) is 0 Å². The van der Waals surface area contributed by atoms with E-state index in [1.165, 1.54) is 11.8 Å². The summed E-state index contributed by atoms with van der Waals surface area (Å²) in [5, 5.41) is 8.71. The van der Waals surface area contributed by atoms with Crippen LogP contribution in [0.15, 0.2) is 9.51 Å². The molecule has 62 valence electrons. The number of carbonyl (C=O) groups is 1. The number of thioether (sulfide) groups is 1. The zero-order valence-electron chi connectivity index (χ0n) is 5.54. The molecule has 6 heteroatoms. The lowest BCUT2D eigenvalue weighted by atomic mass is 10.5. The number of carboxylic acid groups (broad SMARTS) is 1. The van der Waals surface area contributed by atoms with Crippen molar-refractivity contribution in [3.63, 3.8) is 0 Å².